The second-order valence-electron chi connectivity index (χ2n) is 3.96. The second-order valence-corrected chi connectivity index (χ2v) is 3.96. The van der Waals surface area contributed by atoms with Gasteiger partial charge in [0, 0.05) is 19.2 Å². The fourth-order valence-corrected chi connectivity index (χ4v) is 1.84. The number of nitrogens with zero attached hydrogens (tertiary/aromatic N) is 2. The van der Waals surface area contributed by atoms with Crippen LogP contribution in [-0.2, 0) is 9.53 Å². The van der Waals surface area contributed by atoms with Crippen LogP contribution in [0.2, 0.25) is 0 Å². The Morgan fingerprint density at radius 2 is 2.30 bits per heavy atom. The number of nitro benzene ring substituents is 1. The molecule has 1 atom stereocenters. The molecule has 0 aliphatic heterocycles. The number of fused-ring (bicyclic) bond motifs is 1. The van der Waals surface area contributed by atoms with E-state index in [-0.39, 0.29) is 23.4 Å². The Hall–Kier alpha value is -2.68. The number of hydrogen-bond acceptors (Lipinski definition) is 6. The Morgan fingerprint density at radius 1 is 1.60 bits per heavy atom. The summed E-state index contributed by atoms with van der Waals surface area (Å²) in [4.78, 5) is 33.0. The van der Waals surface area contributed by atoms with Crippen molar-refractivity contribution in [3.8, 4) is 0 Å². The summed E-state index contributed by atoms with van der Waals surface area (Å²) in [5.41, 5.74) is -0.162. The van der Waals surface area contributed by atoms with Gasteiger partial charge in [0.25, 0.3) is 5.69 Å². The quantitative estimate of drug-likeness (QED) is 0.634. The highest BCUT2D eigenvalue weighted by atomic mass is 16.6. The summed E-state index contributed by atoms with van der Waals surface area (Å²) in [5.74, 6) is -2.21. The van der Waals surface area contributed by atoms with Crippen molar-refractivity contribution in [3.05, 3.63) is 38.9 Å². The van der Waals surface area contributed by atoms with Crippen molar-refractivity contribution in [1.29, 1.82) is 0 Å². The van der Waals surface area contributed by atoms with Gasteiger partial charge in [0.1, 0.15) is 0 Å². The first-order valence-corrected chi connectivity index (χ1v) is 5.47. The molecule has 106 valence electrons. The molecule has 0 radical (unpaired) electrons. The summed E-state index contributed by atoms with van der Waals surface area (Å²) in [7, 11) is 1.28. The number of methoxy groups -OCH3 is 1. The lowest BCUT2D eigenvalue weighted by Crippen LogP contribution is -2.30. The zero-order valence-electron chi connectivity index (χ0n) is 10.3. The zero-order chi connectivity index (χ0) is 14.9. The molecular weight excluding hydrogens is 272 g/mol. The van der Waals surface area contributed by atoms with Gasteiger partial charge >= 0.3 is 11.7 Å². The van der Waals surface area contributed by atoms with Crippen LogP contribution in [0.25, 0.3) is 11.1 Å². The number of aromatic nitrogens is 1. The molecule has 1 aromatic carbocycles. The number of carboxylic acids is 1. The molecule has 2 rings (SSSR count). The van der Waals surface area contributed by atoms with Gasteiger partial charge in [0.05, 0.1) is 17.0 Å². The predicted octanol–water partition coefficient (Wildman–Crippen LogP) is 0.775. The van der Waals surface area contributed by atoms with Crippen molar-refractivity contribution < 1.29 is 24.0 Å². The standard InChI is InChI=1S/C11H10N2O7/c1-19-5-8(10(14)15)12-7-4-6(13(17)18)2-3-9(7)20-11(12)16/h2-4,8H,5H2,1H3,(H,14,15). The average Bonchev–Trinajstić information content (AvgIpc) is 2.70. The summed E-state index contributed by atoms with van der Waals surface area (Å²) in [6.45, 7) is -0.271. The molecule has 0 aliphatic carbocycles. The third kappa shape index (κ3) is 2.26. The van der Waals surface area contributed by atoms with Crippen LogP contribution in [0, 0.1) is 10.1 Å². The lowest BCUT2D eigenvalue weighted by molar-refractivity contribution is -0.384. The first-order chi connectivity index (χ1) is 9.45. The van der Waals surface area contributed by atoms with Crippen LogP contribution >= 0.6 is 0 Å². The smallest absolute Gasteiger partial charge is 0.420 e. The lowest BCUT2D eigenvalue weighted by atomic mass is 10.2. The number of carbonyl (C=O) groups is 1. The highest BCUT2D eigenvalue weighted by Gasteiger charge is 2.26. The van der Waals surface area contributed by atoms with Gasteiger partial charge in [-0.25, -0.2) is 9.59 Å². The molecule has 0 spiro atoms. The molecule has 1 aromatic heterocycles. The largest absolute Gasteiger partial charge is 0.480 e. The van der Waals surface area contributed by atoms with Crippen molar-refractivity contribution in [2.45, 2.75) is 6.04 Å². The highest BCUT2D eigenvalue weighted by molar-refractivity contribution is 5.80. The minimum Gasteiger partial charge on any atom is -0.480 e. The van der Waals surface area contributed by atoms with E-state index in [2.05, 4.69) is 0 Å². The molecular formula is C11H10N2O7. The number of carboxylic acid groups (broad SMARTS) is 1. The molecule has 9 heteroatoms. The third-order valence-corrected chi connectivity index (χ3v) is 2.73. The van der Waals surface area contributed by atoms with Gasteiger partial charge in [0.2, 0.25) is 0 Å². The Balaban J connectivity index is 2.70. The van der Waals surface area contributed by atoms with Crippen LogP contribution in [0.5, 0.6) is 0 Å². The molecule has 0 saturated heterocycles. The molecule has 1 unspecified atom stereocenters. The minimum atomic E-state index is -1.32. The van der Waals surface area contributed by atoms with Gasteiger partial charge in [-0.2, -0.15) is 0 Å². The van der Waals surface area contributed by atoms with Crippen LogP contribution in [0.15, 0.2) is 27.4 Å². The second kappa shape index (κ2) is 5.13. The molecule has 0 bridgehead atoms. The molecule has 9 nitrogen and oxygen atoms in total. The summed E-state index contributed by atoms with van der Waals surface area (Å²) in [6, 6.07) is 2.18. The number of rotatable bonds is 5. The van der Waals surface area contributed by atoms with Crippen molar-refractivity contribution in [2.75, 3.05) is 13.7 Å². The Morgan fingerprint density at radius 3 is 2.85 bits per heavy atom. The molecule has 0 aliphatic rings. The van der Waals surface area contributed by atoms with E-state index in [9.17, 15) is 19.7 Å². The summed E-state index contributed by atoms with van der Waals surface area (Å²) in [5, 5.41) is 19.9. The Labute approximate surface area is 111 Å². The molecule has 0 saturated carbocycles. The van der Waals surface area contributed by atoms with E-state index in [0.717, 1.165) is 10.6 Å². The Bertz CT molecular complexity index is 730. The molecule has 0 fully saturated rings. The number of hydrogen-bond donors (Lipinski definition) is 1. The van der Waals surface area contributed by atoms with Crippen LogP contribution in [0.4, 0.5) is 5.69 Å². The monoisotopic (exact) mass is 282 g/mol. The number of benzene rings is 1. The van der Waals surface area contributed by atoms with Gasteiger partial charge in [-0.15, -0.1) is 0 Å². The van der Waals surface area contributed by atoms with Crippen molar-refractivity contribution in [1.82, 2.24) is 4.57 Å². The molecule has 0 amide bonds. The zero-order valence-corrected chi connectivity index (χ0v) is 10.3. The molecule has 2 aromatic rings. The first-order valence-electron chi connectivity index (χ1n) is 5.47. The van der Waals surface area contributed by atoms with E-state index in [1.54, 1.807) is 0 Å². The molecule has 20 heavy (non-hydrogen) atoms. The topological polar surface area (TPSA) is 125 Å². The first kappa shape index (κ1) is 13.7. The van der Waals surface area contributed by atoms with Gasteiger partial charge in [0.15, 0.2) is 11.6 Å². The number of nitro groups is 1. The summed E-state index contributed by atoms with van der Waals surface area (Å²) in [6.07, 6.45) is 0. The normalized spacial score (nSPS) is 12.4. The van der Waals surface area contributed by atoms with Crippen molar-refractivity contribution in [3.63, 3.8) is 0 Å². The van der Waals surface area contributed by atoms with E-state index in [1.165, 1.54) is 19.2 Å². The van der Waals surface area contributed by atoms with Crippen molar-refractivity contribution >= 4 is 22.8 Å². The maximum absolute atomic E-state index is 11.7. The van der Waals surface area contributed by atoms with E-state index in [0.29, 0.717) is 0 Å². The summed E-state index contributed by atoms with van der Waals surface area (Å²) < 4.78 is 10.5. The van der Waals surface area contributed by atoms with Crippen molar-refractivity contribution in [2.24, 2.45) is 0 Å². The van der Waals surface area contributed by atoms with E-state index in [4.69, 9.17) is 14.3 Å². The van der Waals surface area contributed by atoms with Crippen LogP contribution in [-0.4, -0.2) is 34.3 Å². The van der Waals surface area contributed by atoms with Gasteiger partial charge in [-0.05, 0) is 6.07 Å². The predicted molar refractivity (Wildman–Crippen MR) is 65.7 cm³/mol. The van der Waals surface area contributed by atoms with E-state index in [1.807, 2.05) is 0 Å². The SMILES string of the molecule is COCC(C(=O)O)n1c(=O)oc2ccc([N+](=O)[O-])cc21. The maximum Gasteiger partial charge on any atom is 0.420 e. The van der Waals surface area contributed by atoms with Gasteiger partial charge < -0.3 is 14.3 Å². The van der Waals surface area contributed by atoms with Crippen LogP contribution in [0.1, 0.15) is 6.04 Å². The molecule has 1 heterocycles. The lowest BCUT2D eigenvalue weighted by Gasteiger charge is -2.11. The van der Waals surface area contributed by atoms with Gasteiger partial charge in [-0.1, -0.05) is 0 Å². The Kier molecular flexibility index (Phi) is 3.53. The average molecular weight is 282 g/mol. The number of non-ortho nitro benzene ring substituents is 1. The molecule has 1 N–H and O–H groups in total. The van der Waals surface area contributed by atoms with E-state index < -0.39 is 22.7 Å². The highest BCUT2D eigenvalue weighted by Crippen LogP contribution is 2.22. The number of ether oxygens (including phenoxy) is 1. The fraction of sp³-hybridized carbons (Fsp3) is 0.273. The van der Waals surface area contributed by atoms with Gasteiger partial charge in [-0.3, -0.25) is 14.7 Å². The minimum absolute atomic E-state index is 0.0358. The number of oxazole rings is 1. The third-order valence-electron chi connectivity index (χ3n) is 2.73. The maximum atomic E-state index is 11.7. The fourth-order valence-electron chi connectivity index (χ4n) is 1.84. The van der Waals surface area contributed by atoms with Crippen LogP contribution in [0.3, 0.4) is 0 Å². The van der Waals surface area contributed by atoms with Crippen LogP contribution < -0.4 is 5.76 Å². The van der Waals surface area contributed by atoms with E-state index >= 15 is 0 Å². The summed E-state index contributed by atoms with van der Waals surface area (Å²) >= 11 is 0. The number of aliphatic carboxylic acids is 1.